The molecule has 0 radical (unpaired) electrons. The summed E-state index contributed by atoms with van der Waals surface area (Å²) in [6, 6.07) is 4.72. The number of rotatable bonds is 6. The van der Waals surface area contributed by atoms with Crippen molar-refractivity contribution >= 4 is 23.5 Å². The van der Waals surface area contributed by atoms with E-state index in [1.54, 1.807) is 12.1 Å². The van der Waals surface area contributed by atoms with Crippen LogP contribution in [-0.2, 0) is 9.59 Å². The van der Waals surface area contributed by atoms with Gasteiger partial charge in [0.1, 0.15) is 5.75 Å². The number of anilines is 1. The Balaban J connectivity index is 2.21. The summed E-state index contributed by atoms with van der Waals surface area (Å²) in [5.74, 6) is -1.11. The zero-order valence-corrected chi connectivity index (χ0v) is 13.1. The predicted octanol–water partition coefficient (Wildman–Crippen LogP) is 1.78. The fourth-order valence-corrected chi connectivity index (χ4v) is 2.55. The summed E-state index contributed by atoms with van der Waals surface area (Å²) < 4.78 is 5.24. The lowest BCUT2D eigenvalue weighted by molar-refractivity contribution is -0.138. The Morgan fingerprint density at radius 1 is 1.35 bits per heavy atom. The van der Waals surface area contributed by atoms with E-state index in [-0.39, 0.29) is 24.8 Å². The lowest BCUT2D eigenvalue weighted by atomic mass is 9.88. The summed E-state index contributed by atoms with van der Waals surface area (Å²) >= 11 is 0. The molecule has 1 aromatic carbocycles. The zero-order chi connectivity index (χ0) is 17.0. The Morgan fingerprint density at radius 2 is 2.04 bits per heavy atom. The third-order valence-electron chi connectivity index (χ3n) is 4.10. The number of amides is 2. The molecule has 0 aromatic heterocycles. The average Bonchev–Trinajstić information content (AvgIpc) is 2.52. The average molecular weight is 320 g/mol. The largest absolute Gasteiger partial charge is 0.482 e. The van der Waals surface area contributed by atoms with Gasteiger partial charge < -0.3 is 20.5 Å². The number of fused-ring (bicyclic) bond motifs is 1. The van der Waals surface area contributed by atoms with E-state index in [4.69, 9.17) is 9.84 Å². The Bertz CT molecular complexity index is 637. The number of ether oxygens (including phenoxy) is 1. The van der Waals surface area contributed by atoms with Crippen LogP contribution >= 0.6 is 0 Å². The van der Waals surface area contributed by atoms with Gasteiger partial charge in [-0.3, -0.25) is 14.4 Å². The molecule has 0 fully saturated rings. The standard InChI is InChI=1S/C16H20N2O5/c1-3-16(4-2,8-14(20)21)18-15(22)10-5-6-12-11(7-10)17-13(19)9-23-12/h5-7H,3-4,8-9H2,1-2H3,(H,17,19)(H,18,22)(H,20,21). The van der Waals surface area contributed by atoms with Crippen molar-refractivity contribution in [3.8, 4) is 5.75 Å². The van der Waals surface area contributed by atoms with E-state index in [2.05, 4.69) is 10.6 Å². The first-order valence-electron chi connectivity index (χ1n) is 7.50. The monoisotopic (exact) mass is 320 g/mol. The highest BCUT2D eigenvalue weighted by atomic mass is 16.5. The molecule has 7 nitrogen and oxygen atoms in total. The highest BCUT2D eigenvalue weighted by Gasteiger charge is 2.31. The van der Waals surface area contributed by atoms with Crippen LogP contribution in [0.3, 0.4) is 0 Å². The number of nitrogens with one attached hydrogen (secondary N) is 2. The van der Waals surface area contributed by atoms with Crippen molar-refractivity contribution in [2.24, 2.45) is 0 Å². The van der Waals surface area contributed by atoms with Crippen molar-refractivity contribution in [2.75, 3.05) is 11.9 Å². The Kier molecular flexibility index (Phi) is 4.88. The number of hydrogen-bond acceptors (Lipinski definition) is 4. The van der Waals surface area contributed by atoms with Crippen molar-refractivity contribution in [3.63, 3.8) is 0 Å². The van der Waals surface area contributed by atoms with E-state index < -0.39 is 11.5 Å². The highest BCUT2D eigenvalue weighted by molar-refractivity contribution is 6.00. The molecule has 7 heteroatoms. The summed E-state index contributed by atoms with van der Waals surface area (Å²) in [5.41, 5.74) is -0.0181. The van der Waals surface area contributed by atoms with Gasteiger partial charge >= 0.3 is 5.97 Å². The molecule has 0 spiro atoms. The maximum atomic E-state index is 12.5. The Labute approximate surface area is 134 Å². The molecule has 1 aliphatic rings. The van der Waals surface area contributed by atoms with E-state index >= 15 is 0 Å². The Hall–Kier alpha value is -2.57. The van der Waals surface area contributed by atoms with Crippen molar-refractivity contribution in [1.82, 2.24) is 5.32 Å². The van der Waals surface area contributed by atoms with Crippen LogP contribution in [0.15, 0.2) is 18.2 Å². The number of carbonyl (C=O) groups excluding carboxylic acids is 2. The van der Waals surface area contributed by atoms with Gasteiger partial charge in [0.15, 0.2) is 6.61 Å². The van der Waals surface area contributed by atoms with Crippen LogP contribution in [0.1, 0.15) is 43.5 Å². The number of carboxylic acids is 1. The van der Waals surface area contributed by atoms with Gasteiger partial charge in [0.2, 0.25) is 0 Å². The smallest absolute Gasteiger partial charge is 0.305 e. The van der Waals surface area contributed by atoms with Crippen LogP contribution in [0.5, 0.6) is 5.75 Å². The van der Waals surface area contributed by atoms with Gasteiger partial charge in [-0.15, -0.1) is 0 Å². The van der Waals surface area contributed by atoms with Crippen molar-refractivity contribution in [1.29, 1.82) is 0 Å². The molecule has 1 heterocycles. The minimum atomic E-state index is -0.958. The molecule has 2 rings (SSSR count). The molecule has 0 atom stereocenters. The van der Waals surface area contributed by atoms with E-state index in [9.17, 15) is 14.4 Å². The van der Waals surface area contributed by atoms with Crippen LogP contribution in [0, 0.1) is 0 Å². The summed E-state index contributed by atoms with van der Waals surface area (Å²) in [4.78, 5) is 34.9. The van der Waals surface area contributed by atoms with Crippen LogP contribution in [0.4, 0.5) is 5.69 Å². The van der Waals surface area contributed by atoms with Gasteiger partial charge in [-0.05, 0) is 31.0 Å². The second-order valence-electron chi connectivity index (χ2n) is 5.56. The highest BCUT2D eigenvalue weighted by Crippen LogP contribution is 2.29. The van der Waals surface area contributed by atoms with Crippen LogP contribution < -0.4 is 15.4 Å². The molecule has 0 saturated carbocycles. The number of hydrogen-bond donors (Lipinski definition) is 3. The molecule has 0 unspecified atom stereocenters. The molecular formula is C16H20N2O5. The van der Waals surface area contributed by atoms with Gasteiger partial charge in [0, 0.05) is 5.56 Å². The lowest BCUT2D eigenvalue weighted by Crippen LogP contribution is -2.49. The molecule has 3 N–H and O–H groups in total. The van der Waals surface area contributed by atoms with Crippen molar-refractivity contribution < 1.29 is 24.2 Å². The van der Waals surface area contributed by atoms with E-state index in [1.165, 1.54) is 6.07 Å². The molecule has 2 amide bonds. The van der Waals surface area contributed by atoms with Gasteiger partial charge in [-0.1, -0.05) is 13.8 Å². The minimum Gasteiger partial charge on any atom is -0.482 e. The molecule has 0 aliphatic carbocycles. The lowest BCUT2D eigenvalue weighted by Gasteiger charge is -2.31. The fraction of sp³-hybridized carbons (Fsp3) is 0.438. The number of carboxylic acid groups (broad SMARTS) is 1. The maximum absolute atomic E-state index is 12.5. The van der Waals surface area contributed by atoms with Crippen LogP contribution in [-0.4, -0.2) is 35.0 Å². The fourth-order valence-electron chi connectivity index (χ4n) is 2.55. The third kappa shape index (κ3) is 3.80. The quantitative estimate of drug-likeness (QED) is 0.741. The second kappa shape index (κ2) is 6.68. The molecule has 0 saturated heterocycles. The van der Waals surface area contributed by atoms with E-state index in [0.717, 1.165) is 0 Å². The maximum Gasteiger partial charge on any atom is 0.305 e. The third-order valence-corrected chi connectivity index (χ3v) is 4.10. The summed E-state index contributed by atoms with van der Waals surface area (Å²) in [7, 11) is 0. The van der Waals surface area contributed by atoms with Crippen LogP contribution in [0.25, 0.3) is 0 Å². The topological polar surface area (TPSA) is 105 Å². The molecular weight excluding hydrogens is 300 g/mol. The summed E-state index contributed by atoms with van der Waals surface area (Å²) in [6.07, 6.45) is 0.870. The number of carbonyl (C=O) groups is 3. The normalized spacial score (nSPS) is 13.6. The first kappa shape index (κ1) is 16.8. The summed E-state index contributed by atoms with van der Waals surface area (Å²) in [5, 5.41) is 14.5. The van der Waals surface area contributed by atoms with Gasteiger partial charge in [0.25, 0.3) is 11.8 Å². The molecule has 1 aromatic rings. The van der Waals surface area contributed by atoms with Crippen LogP contribution in [0.2, 0.25) is 0 Å². The SMILES string of the molecule is CCC(CC)(CC(=O)O)NC(=O)c1ccc2c(c1)NC(=O)CO2. The summed E-state index contributed by atoms with van der Waals surface area (Å²) in [6.45, 7) is 3.63. The molecule has 23 heavy (non-hydrogen) atoms. The van der Waals surface area contributed by atoms with E-state index in [1.807, 2.05) is 13.8 Å². The Morgan fingerprint density at radius 3 is 2.65 bits per heavy atom. The first-order valence-corrected chi connectivity index (χ1v) is 7.50. The minimum absolute atomic E-state index is 0.0497. The first-order chi connectivity index (χ1) is 10.9. The van der Waals surface area contributed by atoms with Crippen molar-refractivity contribution in [3.05, 3.63) is 23.8 Å². The predicted molar refractivity (Wildman–Crippen MR) is 83.6 cm³/mol. The molecule has 0 bridgehead atoms. The van der Waals surface area contributed by atoms with E-state index in [0.29, 0.717) is 29.8 Å². The molecule has 1 aliphatic heterocycles. The van der Waals surface area contributed by atoms with Crippen molar-refractivity contribution in [2.45, 2.75) is 38.6 Å². The van der Waals surface area contributed by atoms with Gasteiger partial charge in [0.05, 0.1) is 17.6 Å². The number of aliphatic carboxylic acids is 1. The zero-order valence-electron chi connectivity index (χ0n) is 13.1. The van der Waals surface area contributed by atoms with Gasteiger partial charge in [-0.2, -0.15) is 0 Å². The van der Waals surface area contributed by atoms with Gasteiger partial charge in [-0.25, -0.2) is 0 Å². The molecule has 124 valence electrons. The second-order valence-corrected chi connectivity index (χ2v) is 5.56. The number of benzene rings is 1.